The molecule has 0 saturated carbocycles. The van der Waals surface area contributed by atoms with Crippen LogP contribution in [0.15, 0.2) is 10.7 Å². The molecular formula is C20H30N4O5S. The molecule has 4 heterocycles. The number of hydrogen-bond donors (Lipinski definition) is 0. The molecule has 9 nitrogen and oxygen atoms in total. The second-order valence-electron chi connectivity index (χ2n) is 8.98. The number of piperidine rings is 1. The standard InChI is InChI=1S/C20H30N4O5S/c1-13(2)17-18-15(24(20(17)26)30(3,27)28)7-10-23(18)19(25)14-12-29-16(21-14)11-22-8-5-4-6-9-22/h12-13,15,17-18H,4-11H2,1-3H3/t15-,17+,18-/m1/s1. The van der Waals surface area contributed by atoms with E-state index in [1.807, 2.05) is 13.8 Å². The first-order valence-electron chi connectivity index (χ1n) is 10.7. The minimum atomic E-state index is -3.69. The Labute approximate surface area is 177 Å². The first-order chi connectivity index (χ1) is 14.2. The van der Waals surface area contributed by atoms with Gasteiger partial charge in [0.1, 0.15) is 6.26 Å². The van der Waals surface area contributed by atoms with Gasteiger partial charge in [0.2, 0.25) is 21.8 Å². The third-order valence-corrected chi connectivity index (χ3v) is 7.67. The van der Waals surface area contributed by atoms with Crippen molar-refractivity contribution in [2.75, 3.05) is 25.9 Å². The molecule has 30 heavy (non-hydrogen) atoms. The number of hydrogen-bond acceptors (Lipinski definition) is 7. The molecule has 3 saturated heterocycles. The lowest BCUT2D eigenvalue weighted by molar-refractivity contribution is -0.129. The van der Waals surface area contributed by atoms with Gasteiger partial charge in [-0.3, -0.25) is 14.5 Å². The summed E-state index contributed by atoms with van der Waals surface area (Å²) < 4.78 is 31.1. The Morgan fingerprint density at radius 3 is 2.57 bits per heavy atom. The summed E-state index contributed by atoms with van der Waals surface area (Å²) in [5.41, 5.74) is 0.218. The van der Waals surface area contributed by atoms with Crippen LogP contribution in [0.4, 0.5) is 0 Å². The minimum absolute atomic E-state index is 0.0860. The molecule has 3 fully saturated rings. The summed E-state index contributed by atoms with van der Waals surface area (Å²) in [6, 6.07) is -0.981. The fraction of sp³-hybridized carbons (Fsp3) is 0.750. The molecule has 0 radical (unpaired) electrons. The Hall–Kier alpha value is -1.94. The Kier molecular flexibility index (Phi) is 5.65. The van der Waals surface area contributed by atoms with Gasteiger partial charge in [-0.25, -0.2) is 17.7 Å². The van der Waals surface area contributed by atoms with Gasteiger partial charge in [-0.15, -0.1) is 0 Å². The zero-order valence-electron chi connectivity index (χ0n) is 17.8. The van der Waals surface area contributed by atoms with Crippen LogP contribution in [0.5, 0.6) is 0 Å². The van der Waals surface area contributed by atoms with Crippen molar-refractivity contribution in [2.24, 2.45) is 11.8 Å². The van der Waals surface area contributed by atoms with Crippen LogP contribution in [0, 0.1) is 11.8 Å². The molecule has 166 valence electrons. The molecule has 0 bridgehead atoms. The van der Waals surface area contributed by atoms with Gasteiger partial charge in [-0.2, -0.15) is 0 Å². The Balaban J connectivity index is 1.54. The Morgan fingerprint density at radius 1 is 1.23 bits per heavy atom. The molecule has 2 amide bonds. The normalized spacial score (nSPS) is 27.9. The van der Waals surface area contributed by atoms with Gasteiger partial charge in [0, 0.05) is 6.54 Å². The van der Waals surface area contributed by atoms with E-state index >= 15 is 0 Å². The number of carbonyl (C=O) groups is 2. The zero-order chi connectivity index (χ0) is 21.6. The highest BCUT2D eigenvalue weighted by Crippen LogP contribution is 2.41. The number of likely N-dealkylation sites (tertiary alicyclic amines) is 2. The third kappa shape index (κ3) is 3.75. The van der Waals surface area contributed by atoms with E-state index in [0.717, 1.165) is 36.5 Å². The van der Waals surface area contributed by atoms with E-state index in [1.54, 1.807) is 4.90 Å². The van der Waals surface area contributed by atoms with Crippen molar-refractivity contribution in [3.8, 4) is 0 Å². The highest BCUT2D eigenvalue weighted by molar-refractivity contribution is 7.88. The number of sulfonamides is 1. The van der Waals surface area contributed by atoms with E-state index in [1.165, 1.54) is 12.7 Å². The fourth-order valence-electron chi connectivity index (χ4n) is 5.21. The topological polar surface area (TPSA) is 104 Å². The first kappa shape index (κ1) is 21.3. The third-order valence-electron chi connectivity index (χ3n) is 6.51. The summed E-state index contributed by atoms with van der Waals surface area (Å²) in [7, 11) is -3.69. The van der Waals surface area contributed by atoms with Gasteiger partial charge in [0.25, 0.3) is 5.91 Å². The molecule has 1 aromatic heterocycles. The molecule has 0 spiro atoms. The summed E-state index contributed by atoms with van der Waals surface area (Å²) in [6.07, 6.45) is 6.43. The van der Waals surface area contributed by atoms with Crippen LogP contribution < -0.4 is 0 Å². The molecule has 0 N–H and O–H groups in total. The largest absolute Gasteiger partial charge is 0.447 e. The van der Waals surface area contributed by atoms with Crippen molar-refractivity contribution < 1.29 is 22.4 Å². The minimum Gasteiger partial charge on any atom is -0.447 e. The van der Waals surface area contributed by atoms with Gasteiger partial charge >= 0.3 is 0 Å². The van der Waals surface area contributed by atoms with Crippen molar-refractivity contribution in [2.45, 2.75) is 58.2 Å². The highest BCUT2D eigenvalue weighted by Gasteiger charge is 2.58. The van der Waals surface area contributed by atoms with Crippen LogP contribution in [0.2, 0.25) is 0 Å². The number of amides is 2. The molecule has 4 rings (SSSR count). The van der Waals surface area contributed by atoms with E-state index in [2.05, 4.69) is 9.88 Å². The molecule has 3 atom stereocenters. The lowest BCUT2D eigenvalue weighted by Gasteiger charge is -2.28. The summed E-state index contributed by atoms with van der Waals surface area (Å²) in [6.45, 7) is 6.75. The smallest absolute Gasteiger partial charge is 0.276 e. The molecule has 3 aliphatic rings. The van der Waals surface area contributed by atoms with Crippen LogP contribution in [-0.2, 0) is 21.4 Å². The lowest BCUT2D eigenvalue weighted by atomic mass is 9.88. The number of rotatable bonds is 5. The predicted molar refractivity (Wildman–Crippen MR) is 109 cm³/mol. The number of carbonyl (C=O) groups excluding carboxylic acids is 2. The van der Waals surface area contributed by atoms with Crippen molar-refractivity contribution in [1.29, 1.82) is 0 Å². The van der Waals surface area contributed by atoms with Crippen molar-refractivity contribution in [1.82, 2.24) is 19.1 Å². The van der Waals surface area contributed by atoms with Crippen LogP contribution in [-0.4, -0.2) is 77.3 Å². The first-order valence-corrected chi connectivity index (χ1v) is 12.5. The van der Waals surface area contributed by atoms with Gasteiger partial charge < -0.3 is 9.32 Å². The van der Waals surface area contributed by atoms with Gasteiger partial charge in [0.15, 0.2) is 5.69 Å². The lowest BCUT2D eigenvalue weighted by Crippen LogP contribution is -2.44. The maximum atomic E-state index is 13.2. The summed E-state index contributed by atoms with van der Waals surface area (Å²) in [5, 5.41) is 0. The fourth-order valence-corrected chi connectivity index (χ4v) is 6.38. The van der Waals surface area contributed by atoms with Gasteiger partial charge in [0.05, 0.1) is 30.8 Å². The van der Waals surface area contributed by atoms with Crippen molar-refractivity contribution >= 4 is 21.8 Å². The molecule has 0 unspecified atom stereocenters. The number of oxazole rings is 1. The second-order valence-corrected chi connectivity index (χ2v) is 10.8. The summed E-state index contributed by atoms with van der Waals surface area (Å²) >= 11 is 0. The van der Waals surface area contributed by atoms with Crippen LogP contribution in [0.1, 0.15) is 55.9 Å². The molecule has 10 heteroatoms. The summed E-state index contributed by atoms with van der Waals surface area (Å²) in [4.78, 5) is 34.4. The molecule has 0 aromatic carbocycles. The van der Waals surface area contributed by atoms with E-state index < -0.39 is 33.9 Å². The van der Waals surface area contributed by atoms with E-state index in [9.17, 15) is 18.0 Å². The zero-order valence-corrected chi connectivity index (χ0v) is 18.6. The Bertz CT molecular complexity index is 921. The molecule has 0 aliphatic carbocycles. The monoisotopic (exact) mass is 438 g/mol. The molecule has 1 aromatic rings. The van der Waals surface area contributed by atoms with Gasteiger partial charge in [-0.1, -0.05) is 20.3 Å². The second kappa shape index (κ2) is 7.96. The van der Waals surface area contributed by atoms with Crippen molar-refractivity contribution in [3.63, 3.8) is 0 Å². The van der Waals surface area contributed by atoms with E-state index in [0.29, 0.717) is 25.4 Å². The van der Waals surface area contributed by atoms with E-state index in [4.69, 9.17) is 4.42 Å². The van der Waals surface area contributed by atoms with E-state index in [-0.39, 0.29) is 17.5 Å². The Morgan fingerprint density at radius 2 is 1.93 bits per heavy atom. The predicted octanol–water partition coefficient (Wildman–Crippen LogP) is 1.32. The molecular weight excluding hydrogens is 408 g/mol. The average Bonchev–Trinajstić information content (AvgIpc) is 3.35. The van der Waals surface area contributed by atoms with Crippen LogP contribution in [0.25, 0.3) is 0 Å². The highest BCUT2D eigenvalue weighted by atomic mass is 32.2. The quantitative estimate of drug-likeness (QED) is 0.683. The number of aromatic nitrogens is 1. The summed E-state index contributed by atoms with van der Waals surface area (Å²) in [5.74, 6) is -0.833. The average molecular weight is 439 g/mol. The number of fused-ring (bicyclic) bond motifs is 1. The van der Waals surface area contributed by atoms with Crippen LogP contribution in [0.3, 0.4) is 0 Å². The SMILES string of the molecule is CC(C)[C@@H]1C(=O)N(S(C)(=O)=O)[C@@H]2CCN(C(=O)c3coc(CN4CCCCC4)n3)[C@H]21. The molecule has 3 aliphatic heterocycles. The van der Waals surface area contributed by atoms with Crippen molar-refractivity contribution in [3.05, 3.63) is 17.8 Å². The maximum absolute atomic E-state index is 13.2. The van der Waals surface area contributed by atoms with Gasteiger partial charge in [-0.05, 0) is 38.3 Å². The van der Waals surface area contributed by atoms with Crippen LogP contribution >= 0.6 is 0 Å². The number of nitrogens with zero attached hydrogens (tertiary/aromatic N) is 4. The maximum Gasteiger partial charge on any atom is 0.276 e.